The van der Waals surface area contributed by atoms with Crippen LogP contribution >= 0.6 is 0 Å². The van der Waals surface area contributed by atoms with Gasteiger partial charge in [-0.15, -0.1) is 0 Å². The van der Waals surface area contributed by atoms with E-state index in [1.165, 1.54) is 33.3 Å². The number of ether oxygens (including phenoxy) is 2. The van der Waals surface area contributed by atoms with E-state index in [-0.39, 0.29) is 23.6 Å². The normalized spacial score (nSPS) is 9.82. The van der Waals surface area contributed by atoms with Crippen LogP contribution in [-0.2, 0) is 11.2 Å². The Balaban J connectivity index is 3.34. The number of carbonyl (C=O) groups is 1. The number of carbonyl (C=O) groups excluding carboxylic acids is 1. The zero-order valence-corrected chi connectivity index (χ0v) is 9.85. The number of hydrogen-bond donors (Lipinski definition) is 0. The molecule has 0 radical (unpaired) electrons. The fourth-order valence-electron chi connectivity index (χ4n) is 1.49. The van der Waals surface area contributed by atoms with E-state index in [2.05, 4.69) is 0 Å². The van der Waals surface area contributed by atoms with Gasteiger partial charge in [0.1, 0.15) is 5.78 Å². The number of ketones is 1. The van der Waals surface area contributed by atoms with Gasteiger partial charge in [0.25, 0.3) is 5.69 Å². The third-order valence-electron chi connectivity index (χ3n) is 2.22. The van der Waals surface area contributed by atoms with E-state index in [1.807, 2.05) is 0 Å². The molecular weight excluding hydrogens is 226 g/mol. The Bertz CT molecular complexity index is 455. The highest BCUT2D eigenvalue weighted by atomic mass is 16.6. The van der Waals surface area contributed by atoms with Crippen molar-refractivity contribution in [3.63, 3.8) is 0 Å². The predicted octanol–water partition coefficient (Wildman–Crippen LogP) is 1.74. The minimum absolute atomic E-state index is 0.00331. The van der Waals surface area contributed by atoms with Crippen LogP contribution in [0.4, 0.5) is 5.69 Å². The number of Topliss-reactive ketones (excluding diaryl/α,β-unsaturated/α-hetero) is 1. The lowest BCUT2D eigenvalue weighted by molar-refractivity contribution is -0.385. The number of hydrogen-bond acceptors (Lipinski definition) is 5. The fraction of sp³-hybridized carbons (Fsp3) is 0.364. The van der Waals surface area contributed by atoms with Gasteiger partial charge in [-0.1, -0.05) is 0 Å². The van der Waals surface area contributed by atoms with Gasteiger partial charge in [0, 0.05) is 12.0 Å². The van der Waals surface area contributed by atoms with Crippen molar-refractivity contribution in [3.8, 4) is 11.5 Å². The van der Waals surface area contributed by atoms with Crippen molar-refractivity contribution in [3.05, 3.63) is 27.8 Å². The lowest BCUT2D eigenvalue weighted by Crippen LogP contribution is -2.03. The molecule has 0 aromatic heterocycles. The van der Waals surface area contributed by atoms with Crippen LogP contribution in [0.5, 0.6) is 11.5 Å². The third-order valence-corrected chi connectivity index (χ3v) is 2.22. The van der Waals surface area contributed by atoms with Crippen LogP contribution in [0.2, 0.25) is 0 Å². The van der Waals surface area contributed by atoms with Crippen LogP contribution < -0.4 is 9.47 Å². The predicted molar refractivity (Wildman–Crippen MR) is 60.6 cm³/mol. The van der Waals surface area contributed by atoms with Crippen molar-refractivity contribution in [2.75, 3.05) is 14.2 Å². The smallest absolute Gasteiger partial charge is 0.277 e. The molecular formula is C11H13NO5. The summed E-state index contributed by atoms with van der Waals surface area (Å²) >= 11 is 0. The second-order valence-corrected chi connectivity index (χ2v) is 3.47. The molecule has 92 valence electrons. The van der Waals surface area contributed by atoms with E-state index in [9.17, 15) is 14.9 Å². The number of rotatable bonds is 5. The Hall–Kier alpha value is -2.11. The van der Waals surface area contributed by atoms with Gasteiger partial charge in [0.05, 0.1) is 25.2 Å². The van der Waals surface area contributed by atoms with Crippen LogP contribution in [0.25, 0.3) is 0 Å². The van der Waals surface area contributed by atoms with E-state index in [4.69, 9.17) is 9.47 Å². The number of methoxy groups -OCH3 is 2. The molecule has 0 atom stereocenters. The summed E-state index contributed by atoms with van der Waals surface area (Å²) < 4.78 is 10.0. The highest BCUT2D eigenvalue weighted by molar-refractivity contribution is 5.80. The van der Waals surface area contributed by atoms with Gasteiger partial charge in [-0.2, -0.15) is 0 Å². The van der Waals surface area contributed by atoms with E-state index >= 15 is 0 Å². The summed E-state index contributed by atoms with van der Waals surface area (Å²) in [6, 6.07) is 2.72. The summed E-state index contributed by atoms with van der Waals surface area (Å²) in [6.45, 7) is 1.38. The highest BCUT2D eigenvalue weighted by Gasteiger charge is 2.20. The van der Waals surface area contributed by atoms with Crippen molar-refractivity contribution in [1.29, 1.82) is 0 Å². The number of nitro groups is 1. The number of benzene rings is 1. The van der Waals surface area contributed by atoms with E-state index in [1.54, 1.807) is 0 Å². The van der Waals surface area contributed by atoms with Crippen LogP contribution in [0.15, 0.2) is 12.1 Å². The van der Waals surface area contributed by atoms with Gasteiger partial charge < -0.3 is 9.47 Å². The van der Waals surface area contributed by atoms with Crippen molar-refractivity contribution in [2.24, 2.45) is 0 Å². The minimum atomic E-state index is -0.541. The second-order valence-electron chi connectivity index (χ2n) is 3.47. The van der Waals surface area contributed by atoms with E-state index in [0.717, 1.165) is 0 Å². The summed E-state index contributed by atoms with van der Waals surface area (Å²) in [7, 11) is 2.83. The Morgan fingerprint density at radius 2 is 1.82 bits per heavy atom. The van der Waals surface area contributed by atoms with Crippen LogP contribution in [0.1, 0.15) is 12.5 Å². The minimum Gasteiger partial charge on any atom is -0.493 e. The highest BCUT2D eigenvalue weighted by Crippen LogP contribution is 2.34. The first kappa shape index (κ1) is 13.0. The maximum atomic E-state index is 11.0. The Morgan fingerprint density at radius 3 is 2.24 bits per heavy atom. The molecule has 6 heteroatoms. The largest absolute Gasteiger partial charge is 0.493 e. The van der Waals surface area contributed by atoms with Gasteiger partial charge in [-0.05, 0) is 13.0 Å². The van der Waals surface area contributed by atoms with Crippen molar-refractivity contribution < 1.29 is 19.2 Å². The molecule has 0 aliphatic rings. The molecule has 0 aliphatic heterocycles. The van der Waals surface area contributed by atoms with Gasteiger partial charge >= 0.3 is 0 Å². The van der Waals surface area contributed by atoms with E-state index < -0.39 is 4.92 Å². The van der Waals surface area contributed by atoms with Gasteiger partial charge in [0.2, 0.25) is 0 Å². The average Bonchev–Trinajstić information content (AvgIpc) is 2.27. The van der Waals surface area contributed by atoms with Gasteiger partial charge in [0.15, 0.2) is 11.5 Å². The lowest BCUT2D eigenvalue weighted by atomic mass is 10.1. The molecule has 1 rings (SSSR count). The first-order valence-corrected chi connectivity index (χ1v) is 4.88. The third kappa shape index (κ3) is 2.93. The maximum absolute atomic E-state index is 11.0. The average molecular weight is 239 g/mol. The van der Waals surface area contributed by atoms with Gasteiger partial charge in [-0.25, -0.2) is 0 Å². The molecule has 0 amide bonds. The second kappa shape index (κ2) is 5.29. The van der Waals surface area contributed by atoms with Crippen molar-refractivity contribution in [1.82, 2.24) is 0 Å². The van der Waals surface area contributed by atoms with Gasteiger partial charge in [-0.3, -0.25) is 14.9 Å². The first-order chi connectivity index (χ1) is 7.99. The lowest BCUT2D eigenvalue weighted by Gasteiger charge is -2.09. The summed E-state index contributed by atoms with van der Waals surface area (Å²) in [4.78, 5) is 21.4. The molecule has 0 fully saturated rings. The molecule has 0 spiro atoms. The quantitative estimate of drug-likeness (QED) is 0.577. The molecule has 0 bridgehead atoms. The SMILES string of the molecule is COc1cc(CC(C)=O)c([N+](=O)[O-])cc1OC. The van der Waals surface area contributed by atoms with Crippen LogP contribution in [0.3, 0.4) is 0 Å². The molecule has 0 N–H and O–H groups in total. The molecule has 1 aromatic rings. The molecule has 0 heterocycles. The summed E-state index contributed by atoms with van der Waals surface area (Å²) in [5.74, 6) is 0.487. The monoisotopic (exact) mass is 239 g/mol. The molecule has 0 saturated carbocycles. The standard InChI is InChI=1S/C11H13NO5/c1-7(13)4-8-5-10(16-2)11(17-3)6-9(8)12(14)15/h5-6H,4H2,1-3H3. The summed E-state index contributed by atoms with van der Waals surface area (Å²) in [5, 5.41) is 10.9. The molecule has 6 nitrogen and oxygen atoms in total. The molecule has 0 unspecified atom stereocenters. The zero-order chi connectivity index (χ0) is 13.0. The Morgan fingerprint density at radius 1 is 1.29 bits per heavy atom. The molecule has 0 saturated heterocycles. The Labute approximate surface area is 98.3 Å². The van der Waals surface area contributed by atoms with Crippen molar-refractivity contribution in [2.45, 2.75) is 13.3 Å². The number of nitro benzene ring substituents is 1. The molecule has 17 heavy (non-hydrogen) atoms. The van der Waals surface area contributed by atoms with Crippen LogP contribution in [0, 0.1) is 10.1 Å². The zero-order valence-electron chi connectivity index (χ0n) is 9.85. The topological polar surface area (TPSA) is 78.7 Å². The molecule has 0 aliphatic carbocycles. The summed E-state index contributed by atoms with van der Waals surface area (Å²) in [6.07, 6.45) is -0.00331. The van der Waals surface area contributed by atoms with E-state index in [0.29, 0.717) is 11.3 Å². The fourth-order valence-corrected chi connectivity index (χ4v) is 1.49. The maximum Gasteiger partial charge on any atom is 0.277 e. The molecule has 1 aromatic carbocycles. The first-order valence-electron chi connectivity index (χ1n) is 4.88. The number of nitrogens with zero attached hydrogens (tertiary/aromatic N) is 1. The Kier molecular flexibility index (Phi) is 4.03. The summed E-state index contributed by atoms with van der Waals surface area (Å²) in [5.41, 5.74) is 0.179. The van der Waals surface area contributed by atoms with Crippen molar-refractivity contribution >= 4 is 11.5 Å². The van der Waals surface area contributed by atoms with Crippen LogP contribution in [-0.4, -0.2) is 24.9 Å².